The fraction of sp³-hybridized carbons (Fsp3) is 0.571. The molecule has 0 heterocycles. The molecule has 0 atom stereocenters. The molecule has 0 unspecified atom stereocenters. The minimum atomic E-state index is -3.18. The molecule has 20 heavy (non-hydrogen) atoms. The lowest BCUT2D eigenvalue weighted by atomic mass is 10.2. The van der Waals surface area contributed by atoms with Gasteiger partial charge in [0, 0.05) is 25.8 Å². The SMILES string of the molecule is CN(C)c1ccc(N)c(OCCS(=O)(=O)C(C)(C)C)c1. The number of rotatable bonds is 5. The Bertz CT molecular complexity index is 560. The Balaban J connectivity index is 2.74. The molecule has 0 saturated heterocycles. The van der Waals surface area contributed by atoms with Crippen LogP contribution in [0.2, 0.25) is 0 Å². The van der Waals surface area contributed by atoms with E-state index in [2.05, 4.69) is 0 Å². The van der Waals surface area contributed by atoms with Crippen LogP contribution in [0.15, 0.2) is 18.2 Å². The van der Waals surface area contributed by atoms with Crippen LogP contribution in [0, 0.1) is 0 Å². The lowest BCUT2D eigenvalue weighted by molar-refractivity contribution is 0.341. The Hall–Kier alpha value is -1.43. The minimum Gasteiger partial charge on any atom is -0.490 e. The summed E-state index contributed by atoms with van der Waals surface area (Å²) in [5.41, 5.74) is 7.29. The van der Waals surface area contributed by atoms with Crippen molar-refractivity contribution in [1.29, 1.82) is 0 Å². The third kappa shape index (κ3) is 4.03. The number of hydrogen-bond acceptors (Lipinski definition) is 5. The van der Waals surface area contributed by atoms with Crippen molar-refractivity contribution in [2.45, 2.75) is 25.5 Å². The van der Waals surface area contributed by atoms with Crippen molar-refractivity contribution in [2.24, 2.45) is 0 Å². The van der Waals surface area contributed by atoms with E-state index in [1.54, 1.807) is 32.9 Å². The summed E-state index contributed by atoms with van der Waals surface area (Å²) >= 11 is 0. The fourth-order valence-corrected chi connectivity index (χ4v) is 2.41. The van der Waals surface area contributed by atoms with Gasteiger partial charge < -0.3 is 15.4 Å². The monoisotopic (exact) mass is 300 g/mol. The second-order valence-corrected chi connectivity index (χ2v) is 8.76. The third-order valence-corrected chi connectivity index (χ3v) is 5.63. The van der Waals surface area contributed by atoms with Gasteiger partial charge in [-0.05, 0) is 32.9 Å². The zero-order valence-corrected chi connectivity index (χ0v) is 13.6. The zero-order chi connectivity index (χ0) is 15.6. The molecule has 0 amide bonds. The summed E-state index contributed by atoms with van der Waals surface area (Å²) in [4.78, 5) is 1.93. The van der Waals surface area contributed by atoms with Crippen LogP contribution in [0.4, 0.5) is 11.4 Å². The van der Waals surface area contributed by atoms with Crippen LogP contribution in [0.5, 0.6) is 5.75 Å². The Morgan fingerprint density at radius 3 is 2.35 bits per heavy atom. The van der Waals surface area contributed by atoms with Crippen molar-refractivity contribution < 1.29 is 13.2 Å². The van der Waals surface area contributed by atoms with Gasteiger partial charge in [0.15, 0.2) is 9.84 Å². The molecule has 0 aliphatic heterocycles. The van der Waals surface area contributed by atoms with E-state index >= 15 is 0 Å². The van der Waals surface area contributed by atoms with Gasteiger partial charge in [0.2, 0.25) is 0 Å². The number of ether oxygens (including phenoxy) is 1. The molecular weight excluding hydrogens is 276 g/mol. The second-order valence-electron chi connectivity index (χ2n) is 5.90. The van der Waals surface area contributed by atoms with Gasteiger partial charge >= 0.3 is 0 Å². The molecule has 0 aromatic heterocycles. The molecule has 6 heteroatoms. The van der Waals surface area contributed by atoms with E-state index in [4.69, 9.17) is 10.5 Å². The second kappa shape index (κ2) is 5.91. The van der Waals surface area contributed by atoms with Crippen molar-refractivity contribution in [3.8, 4) is 5.75 Å². The highest BCUT2D eigenvalue weighted by Gasteiger charge is 2.28. The smallest absolute Gasteiger partial charge is 0.158 e. The van der Waals surface area contributed by atoms with Crippen LogP contribution in [0.3, 0.4) is 0 Å². The molecule has 0 bridgehead atoms. The van der Waals surface area contributed by atoms with E-state index in [-0.39, 0.29) is 12.4 Å². The van der Waals surface area contributed by atoms with Crippen LogP contribution in [0.1, 0.15) is 20.8 Å². The lowest BCUT2D eigenvalue weighted by Crippen LogP contribution is -2.32. The largest absolute Gasteiger partial charge is 0.490 e. The summed E-state index contributed by atoms with van der Waals surface area (Å²) in [5, 5.41) is 0. The van der Waals surface area contributed by atoms with Crippen molar-refractivity contribution in [2.75, 3.05) is 37.1 Å². The van der Waals surface area contributed by atoms with Gasteiger partial charge in [-0.3, -0.25) is 0 Å². The number of anilines is 2. The minimum absolute atomic E-state index is 0.0257. The number of nitrogens with zero attached hydrogens (tertiary/aromatic N) is 1. The first-order chi connectivity index (χ1) is 9.04. The fourth-order valence-electron chi connectivity index (χ4n) is 1.49. The van der Waals surface area contributed by atoms with Gasteiger partial charge in [-0.15, -0.1) is 0 Å². The highest BCUT2D eigenvalue weighted by Crippen LogP contribution is 2.27. The molecule has 1 aromatic rings. The number of benzene rings is 1. The summed E-state index contributed by atoms with van der Waals surface area (Å²) in [6.45, 7) is 5.15. The van der Waals surface area contributed by atoms with Crippen LogP contribution >= 0.6 is 0 Å². The first-order valence-corrected chi connectivity index (χ1v) is 8.12. The highest BCUT2D eigenvalue weighted by atomic mass is 32.2. The van der Waals surface area contributed by atoms with Gasteiger partial charge in [0.1, 0.15) is 12.4 Å². The quantitative estimate of drug-likeness (QED) is 0.841. The molecule has 0 radical (unpaired) electrons. The maximum atomic E-state index is 12.0. The average molecular weight is 300 g/mol. The molecule has 1 aromatic carbocycles. The number of sulfone groups is 1. The number of nitrogen functional groups attached to an aromatic ring is 1. The standard InChI is InChI=1S/C14H24N2O3S/c1-14(2,3)20(17,18)9-8-19-13-10-11(16(4)5)6-7-12(13)15/h6-7,10H,8-9,15H2,1-5H3. The van der Waals surface area contributed by atoms with E-state index in [0.29, 0.717) is 11.4 Å². The number of hydrogen-bond donors (Lipinski definition) is 1. The van der Waals surface area contributed by atoms with E-state index in [9.17, 15) is 8.42 Å². The predicted molar refractivity (Wildman–Crippen MR) is 84.2 cm³/mol. The Morgan fingerprint density at radius 2 is 1.85 bits per heavy atom. The van der Waals surface area contributed by atoms with Gasteiger partial charge in [-0.25, -0.2) is 8.42 Å². The molecule has 0 spiro atoms. The maximum absolute atomic E-state index is 12.0. The Kier molecular flexibility index (Phi) is 4.91. The van der Waals surface area contributed by atoms with Crippen LogP contribution in [-0.4, -0.2) is 39.6 Å². The summed E-state index contributed by atoms with van der Waals surface area (Å²) in [6, 6.07) is 5.44. The normalized spacial score (nSPS) is 12.2. The van der Waals surface area contributed by atoms with Crippen LogP contribution < -0.4 is 15.4 Å². The summed E-state index contributed by atoms with van der Waals surface area (Å²) in [6.07, 6.45) is 0. The molecule has 0 aliphatic rings. The van der Waals surface area contributed by atoms with Crippen molar-refractivity contribution in [3.05, 3.63) is 18.2 Å². The summed E-state index contributed by atoms with van der Waals surface area (Å²) in [5.74, 6) is 0.489. The molecule has 114 valence electrons. The van der Waals surface area contributed by atoms with E-state index < -0.39 is 14.6 Å². The maximum Gasteiger partial charge on any atom is 0.158 e. The molecule has 0 fully saturated rings. The highest BCUT2D eigenvalue weighted by molar-refractivity contribution is 7.92. The van der Waals surface area contributed by atoms with Crippen molar-refractivity contribution in [1.82, 2.24) is 0 Å². The molecule has 2 N–H and O–H groups in total. The zero-order valence-electron chi connectivity index (χ0n) is 12.8. The topological polar surface area (TPSA) is 72.6 Å². The van der Waals surface area contributed by atoms with E-state index in [0.717, 1.165) is 5.69 Å². The van der Waals surface area contributed by atoms with E-state index in [1.165, 1.54) is 0 Å². The Labute approximate surface area is 121 Å². The van der Waals surface area contributed by atoms with Gasteiger partial charge in [0.05, 0.1) is 16.2 Å². The average Bonchev–Trinajstić information content (AvgIpc) is 2.29. The lowest BCUT2D eigenvalue weighted by Gasteiger charge is -2.20. The molecular formula is C14H24N2O3S. The molecule has 1 rings (SSSR count). The third-order valence-electron chi connectivity index (χ3n) is 3.06. The first-order valence-electron chi connectivity index (χ1n) is 6.46. The van der Waals surface area contributed by atoms with Crippen LogP contribution in [0.25, 0.3) is 0 Å². The van der Waals surface area contributed by atoms with Crippen LogP contribution in [-0.2, 0) is 9.84 Å². The summed E-state index contributed by atoms with van der Waals surface area (Å²) < 4.78 is 28.7. The van der Waals surface area contributed by atoms with Crippen molar-refractivity contribution >= 4 is 21.2 Å². The van der Waals surface area contributed by atoms with Gasteiger partial charge in [0.25, 0.3) is 0 Å². The number of nitrogens with two attached hydrogens (primary N) is 1. The van der Waals surface area contributed by atoms with E-state index in [1.807, 2.05) is 25.1 Å². The molecule has 0 saturated carbocycles. The summed E-state index contributed by atoms with van der Waals surface area (Å²) in [7, 11) is 0.649. The van der Waals surface area contributed by atoms with Gasteiger partial charge in [-0.1, -0.05) is 0 Å². The van der Waals surface area contributed by atoms with Crippen molar-refractivity contribution in [3.63, 3.8) is 0 Å². The first kappa shape index (κ1) is 16.6. The predicted octanol–water partition coefficient (Wildman–Crippen LogP) is 1.93. The molecule has 0 aliphatic carbocycles. The molecule has 5 nitrogen and oxygen atoms in total. The Morgan fingerprint density at radius 1 is 1.25 bits per heavy atom. The van der Waals surface area contributed by atoms with Gasteiger partial charge in [-0.2, -0.15) is 0 Å².